The van der Waals surface area contributed by atoms with Crippen LogP contribution in [0.4, 0.5) is 5.00 Å². The van der Waals surface area contributed by atoms with Crippen molar-refractivity contribution in [3.63, 3.8) is 0 Å². The molecular formula is C22H18N4O3S3. The van der Waals surface area contributed by atoms with Crippen molar-refractivity contribution < 1.29 is 9.59 Å². The van der Waals surface area contributed by atoms with Gasteiger partial charge in [0.25, 0.3) is 11.5 Å². The molecular weight excluding hydrogens is 464 g/mol. The number of thioether (sulfide) groups is 1. The molecule has 3 N–H and O–H groups in total. The Bertz CT molecular complexity index is 1390. The topological polar surface area (TPSA) is 107 Å². The van der Waals surface area contributed by atoms with Crippen molar-refractivity contribution in [1.82, 2.24) is 9.55 Å². The second kappa shape index (κ2) is 8.53. The highest BCUT2D eigenvalue weighted by Gasteiger charge is 2.29. The second-order valence-electron chi connectivity index (χ2n) is 7.38. The van der Waals surface area contributed by atoms with E-state index in [0.29, 0.717) is 32.0 Å². The Labute approximate surface area is 195 Å². The fourth-order valence-corrected chi connectivity index (χ4v) is 6.17. The number of amides is 2. The summed E-state index contributed by atoms with van der Waals surface area (Å²) in [4.78, 5) is 43.1. The minimum absolute atomic E-state index is 0.0295. The van der Waals surface area contributed by atoms with Crippen LogP contribution in [0.2, 0.25) is 0 Å². The van der Waals surface area contributed by atoms with Gasteiger partial charge in [-0.2, -0.15) is 0 Å². The smallest absolute Gasteiger partial charge is 0.267 e. The molecule has 0 spiro atoms. The number of nitrogens with zero attached hydrogens (tertiary/aromatic N) is 2. The van der Waals surface area contributed by atoms with Crippen LogP contribution in [0.25, 0.3) is 15.9 Å². The number of nitrogens with two attached hydrogens (primary N) is 1. The lowest BCUT2D eigenvalue weighted by atomic mass is 10.1. The number of primary amides is 1. The molecule has 10 heteroatoms. The average Bonchev–Trinajstić information content (AvgIpc) is 3.36. The molecule has 0 radical (unpaired) electrons. The van der Waals surface area contributed by atoms with E-state index in [-0.39, 0.29) is 22.8 Å². The minimum atomic E-state index is -0.594. The van der Waals surface area contributed by atoms with Crippen LogP contribution in [-0.2, 0) is 4.79 Å². The number of para-hydroxylation sites is 1. The number of anilines is 1. The van der Waals surface area contributed by atoms with E-state index in [4.69, 9.17) is 10.7 Å². The number of rotatable bonds is 7. The van der Waals surface area contributed by atoms with E-state index in [1.165, 1.54) is 34.4 Å². The fourth-order valence-electron chi connectivity index (χ4n) is 3.48. The summed E-state index contributed by atoms with van der Waals surface area (Å²) in [5, 5.41) is 8.01. The van der Waals surface area contributed by atoms with Gasteiger partial charge >= 0.3 is 0 Å². The largest absolute Gasteiger partial charge is 0.366 e. The van der Waals surface area contributed by atoms with Gasteiger partial charge in [0.2, 0.25) is 5.91 Å². The molecule has 162 valence electrons. The number of nitrogens with one attached hydrogen (secondary N) is 1. The van der Waals surface area contributed by atoms with Crippen molar-refractivity contribution in [3.05, 3.63) is 68.6 Å². The monoisotopic (exact) mass is 482 g/mol. The molecule has 0 atom stereocenters. The number of thiophene rings is 2. The number of hydrogen-bond donors (Lipinski definition) is 2. The van der Waals surface area contributed by atoms with Crippen molar-refractivity contribution in [2.75, 3.05) is 11.1 Å². The highest BCUT2D eigenvalue weighted by molar-refractivity contribution is 7.99. The van der Waals surface area contributed by atoms with E-state index in [1.54, 1.807) is 16.0 Å². The zero-order valence-corrected chi connectivity index (χ0v) is 19.2. The first-order valence-electron chi connectivity index (χ1n) is 9.92. The van der Waals surface area contributed by atoms with E-state index in [9.17, 15) is 14.4 Å². The van der Waals surface area contributed by atoms with Gasteiger partial charge < -0.3 is 11.1 Å². The summed E-state index contributed by atoms with van der Waals surface area (Å²) in [5.41, 5.74) is 7.30. The maximum absolute atomic E-state index is 13.6. The van der Waals surface area contributed by atoms with E-state index >= 15 is 0 Å². The molecule has 0 aliphatic heterocycles. The van der Waals surface area contributed by atoms with Gasteiger partial charge in [0.15, 0.2) is 5.16 Å². The van der Waals surface area contributed by atoms with Gasteiger partial charge in [-0.15, -0.1) is 22.7 Å². The standard InChI is InChI=1S/C22H18N4O3S3/c23-18(28)14-8-9-30-19(14)24-16(27)11-32-22-25-20-17(15(10-31-20)12-6-7-12)21(29)26(22)13-4-2-1-3-5-13/h1-5,8-10,12H,6-7,11H2,(H2,23,28)(H,24,27). The van der Waals surface area contributed by atoms with Crippen LogP contribution in [0.1, 0.15) is 34.7 Å². The molecule has 2 amide bonds. The lowest BCUT2D eigenvalue weighted by molar-refractivity contribution is -0.113. The van der Waals surface area contributed by atoms with Crippen LogP contribution in [0, 0.1) is 0 Å². The molecule has 1 aliphatic carbocycles. The average molecular weight is 483 g/mol. The lowest BCUT2D eigenvalue weighted by Gasteiger charge is -2.12. The van der Waals surface area contributed by atoms with Crippen LogP contribution >= 0.6 is 34.4 Å². The van der Waals surface area contributed by atoms with Gasteiger partial charge in [0.1, 0.15) is 9.83 Å². The van der Waals surface area contributed by atoms with Gasteiger partial charge in [0.05, 0.1) is 22.4 Å². The lowest BCUT2D eigenvalue weighted by Crippen LogP contribution is -2.23. The molecule has 7 nitrogen and oxygen atoms in total. The van der Waals surface area contributed by atoms with Crippen LogP contribution in [0.15, 0.2) is 57.1 Å². The Morgan fingerprint density at radius 3 is 2.69 bits per heavy atom. The highest BCUT2D eigenvalue weighted by Crippen LogP contribution is 2.44. The van der Waals surface area contributed by atoms with Crippen LogP contribution in [-0.4, -0.2) is 27.1 Å². The third-order valence-electron chi connectivity index (χ3n) is 5.15. The van der Waals surface area contributed by atoms with Crippen molar-refractivity contribution in [1.29, 1.82) is 0 Å². The van der Waals surface area contributed by atoms with Crippen LogP contribution in [0.5, 0.6) is 0 Å². The molecule has 1 aromatic carbocycles. The quantitative estimate of drug-likeness (QED) is 0.303. The Hall–Kier alpha value is -2.95. The van der Waals surface area contributed by atoms with Crippen molar-refractivity contribution in [2.45, 2.75) is 23.9 Å². The third kappa shape index (κ3) is 3.96. The second-order valence-corrected chi connectivity index (χ2v) is 10.1. The predicted octanol–water partition coefficient (Wildman–Crippen LogP) is 4.22. The molecule has 3 aromatic heterocycles. The molecule has 0 unspecified atom stereocenters. The van der Waals surface area contributed by atoms with Crippen molar-refractivity contribution in [3.8, 4) is 5.69 Å². The number of benzene rings is 1. The normalized spacial score (nSPS) is 13.4. The molecule has 1 aliphatic rings. The maximum Gasteiger partial charge on any atom is 0.267 e. The summed E-state index contributed by atoms with van der Waals surface area (Å²) in [6, 6.07) is 10.9. The predicted molar refractivity (Wildman–Crippen MR) is 129 cm³/mol. The van der Waals surface area contributed by atoms with Crippen LogP contribution in [0.3, 0.4) is 0 Å². The Kier molecular flexibility index (Phi) is 5.58. The zero-order chi connectivity index (χ0) is 22.2. The first kappa shape index (κ1) is 20.9. The molecule has 0 saturated heterocycles. The number of hydrogen-bond acceptors (Lipinski definition) is 7. The SMILES string of the molecule is NC(=O)c1ccsc1NC(=O)CSc1nc2scc(C3CC3)c2c(=O)n1-c1ccccc1. The number of carbonyl (C=O) groups excluding carboxylic acids is 2. The molecule has 5 rings (SSSR count). The maximum atomic E-state index is 13.6. The molecule has 4 aromatic rings. The summed E-state index contributed by atoms with van der Waals surface area (Å²) in [7, 11) is 0. The minimum Gasteiger partial charge on any atom is -0.366 e. The number of aromatic nitrogens is 2. The van der Waals surface area contributed by atoms with Gasteiger partial charge in [-0.1, -0.05) is 30.0 Å². The van der Waals surface area contributed by atoms with Crippen molar-refractivity contribution in [2.24, 2.45) is 5.73 Å². The van der Waals surface area contributed by atoms with Gasteiger partial charge in [-0.25, -0.2) is 4.98 Å². The molecule has 3 heterocycles. The van der Waals surface area contributed by atoms with E-state index in [0.717, 1.165) is 18.4 Å². The van der Waals surface area contributed by atoms with Crippen molar-refractivity contribution >= 4 is 61.5 Å². The molecule has 1 saturated carbocycles. The third-order valence-corrected chi connectivity index (χ3v) is 7.81. The number of carbonyl (C=O) groups is 2. The highest BCUT2D eigenvalue weighted by atomic mass is 32.2. The van der Waals surface area contributed by atoms with Gasteiger partial charge in [-0.3, -0.25) is 19.0 Å². The summed E-state index contributed by atoms with van der Waals surface area (Å²) in [6.07, 6.45) is 2.20. The molecule has 0 bridgehead atoms. The Morgan fingerprint density at radius 1 is 1.19 bits per heavy atom. The Balaban J connectivity index is 1.48. The zero-order valence-electron chi connectivity index (χ0n) is 16.7. The first-order chi connectivity index (χ1) is 15.5. The fraction of sp³-hybridized carbons (Fsp3) is 0.182. The van der Waals surface area contributed by atoms with E-state index in [2.05, 4.69) is 5.32 Å². The van der Waals surface area contributed by atoms with E-state index < -0.39 is 5.91 Å². The van der Waals surface area contributed by atoms with Gasteiger partial charge in [0, 0.05) is 0 Å². The summed E-state index contributed by atoms with van der Waals surface area (Å²) in [6.45, 7) is 0. The van der Waals surface area contributed by atoms with Crippen LogP contribution < -0.4 is 16.6 Å². The summed E-state index contributed by atoms with van der Waals surface area (Å²) < 4.78 is 1.58. The Morgan fingerprint density at radius 2 is 1.97 bits per heavy atom. The summed E-state index contributed by atoms with van der Waals surface area (Å²) >= 11 is 3.89. The first-order valence-corrected chi connectivity index (χ1v) is 12.7. The number of fused-ring (bicyclic) bond motifs is 1. The van der Waals surface area contributed by atoms with E-state index in [1.807, 2.05) is 35.7 Å². The molecule has 1 fully saturated rings. The molecule has 32 heavy (non-hydrogen) atoms. The summed E-state index contributed by atoms with van der Waals surface area (Å²) in [5.74, 6) is -0.430. The van der Waals surface area contributed by atoms with Gasteiger partial charge in [-0.05, 0) is 53.3 Å².